The minimum atomic E-state index is -0.0216. The number of hydrogen-bond acceptors (Lipinski definition) is 2. The van der Waals surface area contributed by atoms with Crippen LogP contribution < -0.4 is 10.6 Å². The van der Waals surface area contributed by atoms with Crippen molar-refractivity contribution in [2.24, 2.45) is 5.73 Å². The van der Waals surface area contributed by atoms with E-state index in [2.05, 4.69) is 28.1 Å². The molecule has 104 valence electrons. The van der Waals surface area contributed by atoms with E-state index in [1.807, 2.05) is 36.2 Å². The van der Waals surface area contributed by atoms with Gasteiger partial charge in [-0.3, -0.25) is 5.41 Å². The van der Waals surface area contributed by atoms with E-state index in [4.69, 9.17) is 22.7 Å². The lowest BCUT2D eigenvalue weighted by molar-refractivity contribution is 0.920. The maximum atomic E-state index is 7.68. The first-order valence-corrected chi connectivity index (χ1v) is 7.24. The van der Waals surface area contributed by atoms with Crippen molar-refractivity contribution in [1.29, 1.82) is 5.41 Å². The van der Waals surface area contributed by atoms with E-state index in [1.54, 1.807) is 6.07 Å². The highest BCUT2D eigenvalue weighted by Crippen LogP contribution is 2.27. The van der Waals surface area contributed by atoms with Gasteiger partial charge in [0.15, 0.2) is 0 Å². The summed E-state index contributed by atoms with van der Waals surface area (Å²) in [6.07, 6.45) is 0. The summed E-state index contributed by atoms with van der Waals surface area (Å²) in [4.78, 5) is 2.03. The lowest BCUT2D eigenvalue weighted by Crippen LogP contribution is -2.22. The Morgan fingerprint density at radius 2 is 2.00 bits per heavy atom. The molecule has 0 spiro atoms. The third-order valence-corrected chi connectivity index (χ3v) is 3.79. The molecule has 20 heavy (non-hydrogen) atoms. The van der Waals surface area contributed by atoms with Crippen molar-refractivity contribution >= 4 is 39.1 Å². The summed E-state index contributed by atoms with van der Waals surface area (Å²) in [7, 11) is 1.96. The molecule has 2 rings (SSSR count). The smallest absolute Gasteiger partial charge is 0.126 e. The number of nitrogens with one attached hydrogen (secondary N) is 1. The van der Waals surface area contributed by atoms with Gasteiger partial charge in [0.05, 0.1) is 10.6 Å². The van der Waals surface area contributed by atoms with Crippen molar-refractivity contribution in [2.45, 2.75) is 6.54 Å². The molecule has 2 aromatic carbocycles. The second-order valence-corrected chi connectivity index (χ2v) is 5.86. The van der Waals surface area contributed by atoms with Crippen molar-refractivity contribution in [3.8, 4) is 0 Å². The van der Waals surface area contributed by atoms with Crippen molar-refractivity contribution in [3.05, 3.63) is 63.1 Å². The van der Waals surface area contributed by atoms with Gasteiger partial charge in [-0.15, -0.1) is 0 Å². The topological polar surface area (TPSA) is 53.1 Å². The van der Waals surface area contributed by atoms with E-state index in [9.17, 15) is 0 Å². The number of hydrogen-bond donors (Lipinski definition) is 2. The second-order valence-electron chi connectivity index (χ2n) is 4.53. The van der Waals surface area contributed by atoms with Gasteiger partial charge in [0.2, 0.25) is 0 Å². The van der Waals surface area contributed by atoms with Gasteiger partial charge in [0.25, 0.3) is 0 Å². The first-order valence-electron chi connectivity index (χ1n) is 6.07. The van der Waals surface area contributed by atoms with Gasteiger partial charge in [-0.2, -0.15) is 0 Å². The van der Waals surface area contributed by atoms with E-state index in [1.165, 1.54) is 0 Å². The molecule has 0 aromatic heterocycles. The Labute approximate surface area is 132 Å². The Morgan fingerprint density at radius 1 is 1.30 bits per heavy atom. The summed E-state index contributed by atoms with van der Waals surface area (Å²) in [5.41, 5.74) is 8.23. The average molecular weight is 353 g/mol. The van der Waals surface area contributed by atoms with Crippen molar-refractivity contribution in [2.75, 3.05) is 11.9 Å². The van der Waals surface area contributed by atoms with Crippen molar-refractivity contribution < 1.29 is 0 Å². The third-order valence-electron chi connectivity index (χ3n) is 2.98. The summed E-state index contributed by atoms with van der Waals surface area (Å²) in [5, 5.41) is 8.18. The van der Waals surface area contributed by atoms with Crippen LogP contribution in [0.25, 0.3) is 0 Å². The normalized spacial score (nSPS) is 10.3. The molecule has 3 N–H and O–H groups in total. The number of nitrogens with two attached hydrogens (primary N) is 1. The van der Waals surface area contributed by atoms with Gasteiger partial charge >= 0.3 is 0 Å². The van der Waals surface area contributed by atoms with Crippen LogP contribution in [0.4, 0.5) is 5.69 Å². The fourth-order valence-electron chi connectivity index (χ4n) is 2.09. The number of anilines is 1. The predicted molar refractivity (Wildman–Crippen MR) is 88.7 cm³/mol. The quantitative estimate of drug-likeness (QED) is 0.645. The zero-order valence-corrected chi connectivity index (χ0v) is 13.4. The number of nitrogens with zero attached hydrogens (tertiary/aromatic N) is 1. The summed E-state index contributed by atoms with van der Waals surface area (Å²) in [5.74, 6) is -0.0216. The van der Waals surface area contributed by atoms with E-state index >= 15 is 0 Å². The van der Waals surface area contributed by atoms with Crippen LogP contribution in [0.15, 0.2) is 46.9 Å². The summed E-state index contributed by atoms with van der Waals surface area (Å²) in [6, 6.07) is 13.6. The standard InChI is InChI=1S/C15H15BrClN3/c1-20(9-10-4-2-5-11(16)8-10)13-7-3-6-12(17)14(13)15(18)19/h2-8H,9H2,1H3,(H3,18,19). The van der Waals surface area contributed by atoms with Gasteiger partial charge in [-0.25, -0.2) is 0 Å². The van der Waals surface area contributed by atoms with E-state index in [0.717, 1.165) is 15.7 Å². The van der Waals surface area contributed by atoms with Crippen LogP contribution in [0.5, 0.6) is 0 Å². The van der Waals surface area contributed by atoms with Gasteiger partial charge in [-0.05, 0) is 29.8 Å². The first-order chi connectivity index (χ1) is 9.49. The van der Waals surface area contributed by atoms with E-state index < -0.39 is 0 Å². The molecule has 0 amide bonds. The molecule has 0 bridgehead atoms. The zero-order valence-electron chi connectivity index (χ0n) is 11.0. The Balaban J connectivity index is 2.32. The molecule has 0 saturated heterocycles. The minimum absolute atomic E-state index is 0.0216. The van der Waals surface area contributed by atoms with Gasteiger partial charge in [0.1, 0.15) is 5.84 Å². The van der Waals surface area contributed by atoms with Crippen LogP contribution in [0, 0.1) is 5.41 Å². The van der Waals surface area contributed by atoms with Crippen LogP contribution in [0.1, 0.15) is 11.1 Å². The lowest BCUT2D eigenvalue weighted by Gasteiger charge is -2.23. The second kappa shape index (κ2) is 6.29. The molecule has 0 atom stereocenters. The molecule has 3 nitrogen and oxygen atoms in total. The maximum absolute atomic E-state index is 7.68. The molecule has 0 heterocycles. The van der Waals surface area contributed by atoms with Crippen LogP contribution in [-0.4, -0.2) is 12.9 Å². The fourth-order valence-corrected chi connectivity index (χ4v) is 2.81. The Morgan fingerprint density at radius 3 is 2.65 bits per heavy atom. The minimum Gasteiger partial charge on any atom is -0.384 e. The highest BCUT2D eigenvalue weighted by Gasteiger charge is 2.13. The summed E-state index contributed by atoms with van der Waals surface area (Å²) in [6.45, 7) is 0.708. The molecule has 0 unspecified atom stereocenters. The molecule has 5 heteroatoms. The molecule has 2 aromatic rings. The van der Waals surface area contributed by atoms with Crippen LogP contribution in [-0.2, 0) is 6.54 Å². The summed E-state index contributed by atoms with van der Waals surface area (Å²) >= 11 is 9.61. The molecular weight excluding hydrogens is 338 g/mol. The number of rotatable bonds is 4. The molecular formula is C15H15BrClN3. The number of amidine groups is 1. The molecule has 0 aliphatic heterocycles. The molecule has 0 aliphatic carbocycles. The molecule has 0 aliphatic rings. The maximum Gasteiger partial charge on any atom is 0.126 e. The lowest BCUT2D eigenvalue weighted by atomic mass is 10.1. The van der Waals surface area contributed by atoms with E-state index in [-0.39, 0.29) is 5.84 Å². The monoisotopic (exact) mass is 351 g/mol. The van der Waals surface area contributed by atoms with Gasteiger partial charge in [0, 0.05) is 23.8 Å². The predicted octanol–water partition coefficient (Wildman–Crippen LogP) is 4.02. The third kappa shape index (κ3) is 3.32. The van der Waals surface area contributed by atoms with Crippen molar-refractivity contribution in [3.63, 3.8) is 0 Å². The van der Waals surface area contributed by atoms with Crippen molar-refractivity contribution in [1.82, 2.24) is 0 Å². The molecule has 0 radical (unpaired) electrons. The Kier molecular flexibility index (Phi) is 4.68. The molecule has 0 fully saturated rings. The highest BCUT2D eigenvalue weighted by atomic mass is 79.9. The van der Waals surface area contributed by atoms with Crippen LogP contribution in [0.2, 0.25) is 5.02 Å². The van der Waals surface area contributed by atoms with Gasteiger partial charge in [-0.1, -0.05) is 45.7 Å². The van der Waals surface area contributed by atoms with Gasteiger partial charge < -0.3 is 10.6 Å². The summed E-state index contributed by atoms with van der Waals surface area (Å²) < 4.78 is 1.04. The molecule has 0 saturated carbocycles. The largest absolute Gasteiger partial charge is 0.384 e. The number of halogens is 2. The van der Waals surface area contributed by atoms with Crippen LogP contribution in [0.3, 0.4) is 0 Å². The van der Waals surface area contributed by atoms with Crippen LogP contribution >= 0.6 is 27.5 Å². The highest BCUT2D eigenvalue weighted by molar-refractivity contribution is 9.10. The number of benzene rings is 2. The SMILES string of the molecule is CN(Cc1cccc(Br)c1)c1cccc(Cl)c1C(=N)N. The Hall–Kier alpha value is -1.52. The Bertz CT molecular complexity index is 643. The fraction of sp³-hybridized carbons (Fsp3) is 0.133. The zero-order chi connectivity index (χ0) is 14.7. The first kappa shape index (κ1) is 14.9. The number of nitrogen functional groups attached to an aromatic ring is 1. The average Bonchev–Trinajstić information content (AvgIpc) is 2.37. The van der Waals surface area contributed by atoms with E-state index in [0.29, 0.717) is 17.1 Å².